The standard InChI is InChI=1S/C19H19N5O/c1-11-8-12(2)22-19(21-11)24-18(25)16(13(3)23-24)9-14-10-20-17-7-5-4-6-15(14)17/h4-8,10,20,23H,9H2,1-3H3. The Morgan fingerprint density at radius 3 is 2.56 bits per heavy atom. The summed E-state index contributed by atoms with van der Waals surface area (Å²) in [6, 6.07) is 9.98. The lowest BCUT2D eigenvalue weighted by Crippen LogP contribution is -2.20. The monoisotopic (exact) mass is 333 g/mol. The zero-order chi connectivity index (χ0) is 17.6. The number of benzene rings is 1. The van der Waals surface area contributed by atoms with E-state index in [0.29, 0.717) is 12.4 Å². The number of aromatic nitrogens is 5. The number of nitrogens with zero attached hydrogens (tertiary/aromatic N) is 3. The Balaban J connectivity index is 1.79. The Kier molecular flexibility index (Phi) is 3.53. The predicted molar refractivity (Wildman–Crippen MR) is 97.3 cm³/mol. The average molecular weight is 333 g/mol. The molecule has 4 aromatic rings. The van der Waals surface area contributed by atoms with Gasteiger partial charge in [-0.25, -0.2) is 9.97 Å². The van der Waals surface area contributed by atoms with Crippen LogP contribution in [0.2, 0.25) is 0 Å². The van der Waals surface area contributed by atoms with Crippen molar-refractivity contribution in [1.29, 1.82) is 0 Å². The number of aromatic amines is 2. The first-order chi connectivity index (χ1) is 12.0. The van der Waals surface area contributed by atoms with Crippen molar-refractivity contribution in [2.75, 3.05) is 0 Å². The molecule has 0 saturated heterocycles. The van der Waals surface area contributed by atoms with Crippen molar-refractivity contribution in [3.05, 3.63) is 75.1 Å². The number of rotatable bonds is 3. The summed E-state index contributed by atoms with van der Waals surface area (Å²) in [5.41, 5.74) is 5.30. The molecule has 6 nitrogen and oxygen atoms in total. The SMILES string of the molecule is Cc1cc(C)nc(-n2[nH]c(C)c(Cc3c[nH]c4ccccc34)c2=O)n1. The molecule has 25 heavy (non-hydrogen) atoms. The van der Waals surface area contributed by atoms with E-state index < -0.39 is 0 Å². The zero-order valence-corrected chi connectivity index (χ0v) is 14.4. The summed E-state index contributed by atoms with van der Waals surface area (Å²) in [6.45, 7) is 5.70. The molecule has 0 amide bonds. The molecule has 0 atom stereocenters. The highest BCUT2D eigenvalue weighted by Crippen LogP contribution is 2.20. The second-order valence-corrected chi connectivity index (χ2v) is 6.34. The first kappa shape index (κ1) is 15.4. The van der Waals surface area contributed by atoms with E-state index in [4.69, 9.17) is 0 Å². The quantitative estimate of drug-likeness (QED) is 0.605. The van der Waals surface area contributed by atoms with E-state index in [1.807, 2.05) is 51.2 Å². The highest BCUT2D eigenvalue weighted by atomic mass is 16.1. The molecule has 0 aliphatic rings. The Labute approximate surface area is 144 Å². The number of nitrogens with one attached hydrogen (secondary N) is 2. The van der Waals surface area contributed by atoms with E-state index in [1.165, 1.54) is 4.68 Å². The second-order valence-electron chi connectivity index (χ2n) is 6.34. The van der Waals surface area contributed by atoms with Crippen LogP contribution in [0.1, 0.15) is 28.2 Å². The topological polar surface area (TPSA) is 79.4 Å². The number of fused-ring (bicyclic) bond motifs is 1. The lowest BCUT2D eigenvalue weighted by molar-refractivity contribution is 0.762. The van der Waals surface area contributed by atoms with Crippen LogP contribution in [-0.2, 0) is 6.42 Å². The number of hydrogen-bond acceptors (Lipinski definition) is 3. The molecule has 3 aromatic heterocycles. The van der Waals surface area contributed by atoms with Crippen LogP contribution in [0.5, 0.6) is 0 Å². The minimum absolute atomic E-state index is 0.104. The molecule has 0 aliphatic heterocycles. The third-order valence-electron chi connectivity index (χ3n) is 4.41. The van der Waals surface area contributed by atoms with Gasteiger partial charge < -0.3 is 4.98 Å². The number of H-pyrrole nitrogens is 2. The molecule has 0 radical (unpaired) electrons. The Hall–Kier alpha value is -3.15. The van der Waals surface area contributed by atoms with Crippen molar-refractivity contribution in [3.63, 3.8) is 0 Å². The molecule has 6 heteroatoms. The van der Waals surface area contributed by atoms with Crippen LogP contribution in [0.3, 0.4) is 0 Å². The van der Waals surface area contributed by atoms with Gasteiger partial charge in [0.2, 0.25) is 0 Å². The van der Waals surface area contributed by atoms with Gasteiger partial charge in [0, 0.05) is 46.2 Å². The molecule has 0 bridgehead atoms. The van der Waals surface area contributed by atoms with Crippen LogP contribution in [-0.4, -0.2) is 24.7 Å². The van der Waals surface area contributed by atoms with Crippen LogP contribution in [0.4, 0.5) is 0 Å². The fourth-order valence-electron chi connectivity index (χ4n) is 3.21. The smallest absolute Gasteiger partial charge is 0.277 e. The van der Waals surface area contributed by atoms with Gasteiger partial charge in [-0.3, -0.25) is 9.89 Å². The van der Waals surface area contributed by atoms with Gasteiger partial charge >= 0.3 is 0 Å². The molecule has 0 saturated carbocycles. The molecule has 3 heterocycles. The Bertz CT molecular complexity index is 1110. The number of para-hydroxylation sites is 1. The van der Waals surface area contributed by atoms with E-state index in [9.17, 15) is 4.79 Å². The minimum atomic E-state index is -0.104. The fraction of sp³-hybridized carbons (Fsp3) is 0.211. The van der Waals surface area contributed by atoms with Crippen molar-refractivity contribution >= 4 is 10.9 Å². The summed E-state index contributed by atoms with van der Waals surface area (Å²) < 4.78 is 1.43. The summed E-state index contributed by atoms with van der Waals surface area (Å²) in [5.74, 6) is 0.385. The predicted octanol–water partition coefficient (Wildman–Crippen LogP) is 2.95. The van der Waals surface area contributed by atoms with E-state index in [2.05, 4.69) is 26.1 Å². The Morgan fingerprint density at radius 1 is 1.08 bits per heavy atom. The summed E-state index contributed by atoms with van der Waals surface area (Å²) in [6.07, 6.45) is 2.52. The van der Waals surface area contributed by atoms with Crippen LogP contribution in [0.25, 0.3) is 16.9 Å². The lowest BCUT2D eigenvalue weighted by atomic mass is 10.1. The largest absolute Gasteiger partial charge is 0.361 e. The number of hydrogen-bond donors (Lipinski definition) is 2. The first-order valence-electron chi connectivity index (χ1n) is 8.21. The van der Waals surface area contributed by atoms with Gasteiger partial charge in [0.1, 0.15) is 0 Å². The normalized spacial score (nSPS) is 11.3. The molecule has 126 valence electrons. The van der Waals surface area contributed by atoms with Gasteiger partial charge in [-0.05, 0) is 38.5 Å². The van der Waals surface area contributed by atoms with Crippen molar-refractivity contribution in [2.45, 2.75) is 27.2 Å². The van der Waals surface area contributed by atoms with Crippen LogP contribution >= 0.6 is 0 Å². The van der Waals surface area contributed by atoms with Crippen LogP contribution in [0.15, 0.2) is 41.3 Å². The zero-order valence-electron chi connectivity index (χ0n) is 14.4. The summed E-state index contributed by atoms with van der Waals surface area (Å²) in [4.78, 5) is 24.9. The van der Waals surface area contributed by atoms with Gasteiger partial charge in [-0.1, -0.05) is 18.2 Å². The molecule has 0 spiro atoms. The third kappa shape index (κ3) is 2.65. The third-order valence-corrected chi connectivity index (χ3v) is 4.41. The lowest BCUT2D eigenvalue weighted by Gasteiger charge is -2.02. The van der Waals surface area contributed by atoms with Gasteiger partial charge in [0.15, 0.2) is 0 Å². The van der Waals surface area contributed by atoms with Crippen molar-refractivity contribution in [2.24, 2.45) is 0 Å². The highest BCUT2D eigenvalue weighted by molar-refractivity contribution is 5.83. The second kappa shape index (κ2) is 5.73. The van der Waals surface area contributed by atoms with Gasteiger partial charge in [0.25, 0.3) is 11.5 Å². The number of aryl methyl sites for hydroxylation is 3. The molecule has 0 unspecified atom stereocenters. The minimum Gasteiger partial charge on any atom is -0.361 e. The summed E-state index contributed by atoms with van der Waals surface area (Å²) in [7, 11) is 0. The van der Waals surface area contributed by atoms with E-state index >= 15 is 0 Å². The average Bonchev–Trinajstić information content (AvgIpc) is 3.10. The molecular formula is C19H19N5O. The maximum absolute atomic E-state index is 12.9. The Morgan fingerprint density at radius 2 is 1.80 bits per heavy atom. The first-order valence-corrected chi connectivity index (χ1v) is 8.21. The highest BCUT2D eigenvalue weighted by Gasteiger charge is 2.16. The maximum Gasteiger partial charge on any atom is 0.277 e. The van der Waals surface area contributed by atoms with Gasteiger partial charge in [0.05, 0.1) is 0 Å². The van der Waals surface area contributed by atoms with E-state index in [1.54, 1.807) is 0 Å². The van der Waals surface area contributed by atoms with Crippen molar-refractivity contribution < 1.29 is 0 Å². The van der Waals surface area contributed by atoms with Crippen molar-refractivity contribution in [1.82, 2.24) is 24.7 Å². The van der Waals surface area contributed by atoms with Gasteiger partial charge in [-0.2, -0.15) is 4.68 Å². The molecular weight excluding hydrogens is 314 g/mol. The molecule has 2 N–H and O–H groups in total. The van der Waals surface area contributed by atoms with E-state index in [-0.39, 0.29) is 5.56 Å². The maximum atomic E-state index is 12.9. The fourth-order valence-corrected chi connectivity index (χ4v) is 3.21. The summed E-state index contributed by atoms with van der Waals surface area (Å²) in [5, 5.41) is 4.25. The van der Waals surface area contributed by atoms with Crippen LogP contribution < -0.4 is 5.56 Å². The molecule has 0 aliphatic carbocycles. The van der Waals surface area contributed by atoms with Gasteiger partial charge in [-0.15, -0.1) is 0 Å². The molecule has 1 aromatic carbocycles. The van der Waals surface area contributed by atoms with Crippen molar-refractivity contribution in [3.8, 4) is 5.95 Å². The van der Waals surface area contributed by atoms with Crippen LogP contribution in [0, 0.1) is 20.8 Å². The van der Waals surface area contributed by atoms with E-state index in [0.717, 1.165) is 39.1 Å². The molecule has 0 fully saturated rings. The summed E-state index contributed by atoms with van der Waals surface area (Å²) >= 11 is 0. The molecule has 4 rings (SSSR count).